The lowest BCUT2D eigenvalue weighted by Crippen LogP contribution is -2.58. The van der Waals surface area contributed by atoms with Gasteiger partial charge in [0.25, 0.3) is 0 Å². The van der Waals surface area contributed by atoms with Crippen molar-refractivity contribution < 1.29 is 19.4 Å². The van der Waals surface area contributed by atoms with Crippen molar-refractivity contribution in [2.24, 2.45) is 10.7 Å². The van der Waals surface area contributed by atoms with E-state index in [1.807, 2.05) is 54.6 Å². The number of ether oxygens (including phenoxy) is 1. The molecule has 1 fully saturated rings. The molecule has 2 amide bonds. The maximum atomic E-state index is 13.9. The van der Waals surface area contributed by atoms with Crippen LogP contribution in [0, 0.1) is 0 Å². The number of aliphatic imine (C=N–C) groups is 1. The van der Waals surface area contributed by atoms with Crippen LogP contribution in [0.4, 0.5) is 0 Å². The van der Waals surface area contributed by atoms with Crippen molar-refractivity contribution in [2.45, 2.75) is 69.5 Å². The normalized spacial score (nSPS) is 23.3. The van der Waals surface area contributed by atoms with Gasteiger partial charge in [-0.15, -0.1) is 11.8 Å². The third-order valence-corrected chi connectivity index (χ3v) is 8.75. The number of benzene rings is 2. The highest BCUT2D eigenvalue weighted by molar-refractivity contribution is 8.14. The van der Waals surface area contributed by atoms with E-state index in [4.69, 9.17) is 27.1 Å². The van der Waals surface area contributed by atoms with Gasteiger partial charge in [-0.2, -0.15) is 0 Å². The molecule has 4 N–H and O–H groups in total. The van der Waals surface area contributed by atoms with E-state index in [9.17, 15) is 14.7 Å². The van der Waals surface area contributed by atoms with Gasteiger partial charge < -0.3 is 25.8 Å². The number of likely N-dealkylation sites (tertiary alicyclic amines) is 1. The molecule has 1 saturated heterocycles. The third kappa shape index (κ3) is 7.41. The summed E-state index contributed by atoms with van der Waals surface area (Å²) in [6.45, 7) is 4.15. The molecule has 0 spiro atoms. The van der Waals surface area contributed by atoms with Crippen molar-refractivity contribution in [2.75, 3.05) is 18.9 Å². The summed E-state index contributed by atoms with van der Waals surface area (Å²) in [5, 5.41) is 14.6. The summed E-state index contributed by atoms with van der Waals surface area (Å²) in [5.74, 6) is -0.00920. The summed E-state index contributed by atoms with van der Waals surface area (Å²) in [6, 6.07) is 15.4. The molecule has 0 aliphatic carbocycles. The van der Waals surface area contributed by atoms with E-state index in [1.54, 1.807) is 30.5 Å². The van der Waals surface area contributed by atoms with Crippen LogP contribution in [0.5, 0.6) is 0 Å². The molecule has 4 rings (SSSR count). The van der Waals surface area contributed by atoms with Crippen LogP contribution in [0.3, 0.4) is 0 Å². The highest BCUT2D eigenvalue weighted by atomic mass is 35.5. The molecule has 39 heavy (non-hydrogen) atoms. The van der Waals surface area contributed by atoms with Gasteiger partial charge in [0.1, 0.15) is 6.04 Å². The van der Waals surface area contributed by atoms with Crippen LogP contribution in [-0.2, 0) is 27.4 Å². The molecule has 0 aromatic heterocycles. The van der Waals surface area contributed by atoms with E-state index >= 15 is 0 Å². The molecule has 2 heterocycles. The molecular weight excluding hydrogens is 536 g/mol. The number of nitrogens with zero attached hydrogens (tertiary/aromatic N) is 2. The lowest BCUT2D eigenvalue weighted by molar-refractivity contribution is -0.141. The Labute approximate surface area is 239 Å². The van der Waals surface area contributed by atoms with E-state index in [-0.39, 0.29) is 18.6 Å². The largest absolute Gasteiger partial charge is 0.394 e. The molecule has 2 aliphatic heterocycles. The van der Waals surface area contributed by atoms with Gasteiger partial charge in [-0.25, -0.2) is 0 Å². The lowest BCUT2D eigenvalue weighted by atomic mass is 9.94. The second-order valence-electron chi connectivity index (χ2n) is 10.4. The van der Waals surface area contributed by atoms with Crippen LogP contribution in [0.25, 0.3) is 0 Å². The zero-order chi connectivity index (χ0) is 28.0. The zero-order valence-corrected chi connectivity index (χ0v) is 24.0. The Morgan fingerprint density at radius 2 is 1.97 bits per heavy atom. The minimum absolute atomic E-state index is 0.103. The van der Waals surface area contributed by atoms with Gasteiger partial charge in [0.05, 0.1) is 42.0 Å². The van der Waals surface area contributed by atoms with Gasteiger partial charge in [-0.3, -0.25) is 14.6 Å². The molecule has 5 atom stereocenters. The first-order valence-electron chi connectivity index (χ1n) is 13.3. The molecule has 0 saturated carbocycles. The van der Waals surface area contributed by atoms with Crippen molar-refractivity contribution in [3.8, 4) is 0 Å². The Kier molecular flexibility index (Phi) is 10.1. The quantitative estimate of drug-likeness (QED) is 0.381. The highest BCUT2D eigenvalue weighted by Crippen LogP contribution is 2.36. The van der Waals surface area contributed by atoms with Crippen molar-refractivity contribution in [3.63, 3.8) is 0 Å². The smallest absolute Gasteiger partial charge is 0.248 e. The Morgan fingerprint density at radius 3 is 2.67 bits per heavy atom. The Morgan fingerprint density at radius 1 is 1.23 bits per heavy atom. The van der Waals surface area contributed by atoms with Crippen LogP contribution in [0.2, 0.25) is 5.02 Å². The number of halogens is 1. The Balaban J connectivity index is 1.52. The van der Waals surface area contributed by atoms with E-state index in [0.29, 0.717) is 30.3 Å². The second kappa shape index (κ2) is 13.3. The maximum absolute atomic E-state index is 13.9. The fraction of sp³-hybridized carbons (Fsp3) is 0.483. The van der Waals surface area contributed by atoms with E-state index in [0.717, 1.165) is 29.0 Å². The van der Waals surface area contributed by atoms with Gasteiger partial charge in [-0.1, -0.05) is 54.1 Å². The lowest BCUT2D eigenvalue weighted by Gasteiger charge is -2.32. The fourth-order valence-corrected chi connectivity index (χ4v) is 6.54. The monoisotopic (exact) mass is 572 g/mol. The van der Waals surface area contributed by atoms with Gasteiger partial charge in [0.15, 0.2) is 0 Å². The first-order chi connectivity index (χ1) is 18.7. The van der Waals surface area contributed by atoms with Gasteiger partial charge >= 0.3 is 0 Å². The molecular formula is C29H37ClN4O4S. The standard InChI is InChI=1S/C29H37ClN4O4S/c1-19(31)26(36)32-25(20(2)38-16-21-8-4-3-5-9-21)28(37)34-13-7-12-24(34)27-33-29(17-35,18-39-27)15-22-10-6-11-23(30)14-22/h3-6,8-11,14,19-20,24-25,35H,7,12-13,15-18,31H2,1-2H3,(H,32,36)/t19?,20?,24?,25?,29-/m0/s1. The number of carbonyl (C=O) groups is 2. The van der Waals surface area contributed by atoms with E-state index in [1.165, 1.54) is 0 Å². The highest BCUT2D eigenvalue weighted by Gasteiger charge is 2.43. The number of hydrogen-bond acceptors (Lipinski definition) is 7. The number of carbonyl (C=O) groups excluding carboxylic acids is 2. The van der Waals surface area contributed by atoms with Crippen LogP contribution >= 0.6 is 23.4 Å². The number of amides is 2. The Hall–Kier alpha value is -2.43. The molecule has 2 aromatic carbocycles. The van der Waals surface area contributed by atoms with Crippen LogP contribution in [0.1, 0.15) is 37.8 Å². The summed E-state index contributed by atoms with van der Waals surface area (Å²) >= 11 is 7.76. The van der Waals surface area contributed by atoms with Crippen molar-refractivity contribution in [1.82, 2.24) is 10.2 Å². The summed E-state index contributed by atoms with van der Waals surface area (Å²) < 4.78 is 6.06. The van der Waals surface area contributed by atoms with E-state index in [2.05, 4.69) is 5.32 Å². The summed E-state index contributed by atoms with van der Waals surface area (Å²) in [6.07, 6.45) is 1.56. The molecule has 0 radical (unpaired) electrons. The molecule has 8 nitrogen and oxygen atoms in total. The molecule has 0 bridgehead atoms. The van der Waals surface area contributed by atoms with Gasteiger partial charge in [-0.05, 0) is 49.9 Å². The van der Waals surface area contributed by atoms with Crippen molar-refractivity contribution in [1.29, 1.82) is 0 Å². The SMILES string of the molecule is CC(N)C(=O)NC(C(=O)N1CCCC1C1=N[C@](CO)(Cc2cccc(Cl)c2)CS1)C(C)OCc1ccccc1. The average Bonchev–Trinajstić information content (AvgIpc) is 3.58. The minimum Gasteiger partial charge on any atom is -0.394 e. The topological polar surface area (TPSA) is 117 Å². The zero-order valence-electron chi connectivity index (χ0n) is 22.4. The minimum atomic E-state index is -0.895. The number of aliphatic hydroxyl groups is 1. The number of nitrogens with one attached hydrogen (secondary N) is 1. The number of hydrogen-bond donors (Lipinski definition) is 3. The third-order valence-electron chi connectivity index (χ3n) is 7.18. The molecule has 210 valence electrons. The van der Waals surface area contributed by atoms with E-state index < -0.39 is 29.6 Å². The summed E-state index contributed by atoms with van der Waals surface area (Å²) in [5.41, 5.74) is 7.13. The molecule has 4 unspecified atom stereocenters. The molecule has 2 aliphatic rings. The summed E-state index contributed by atoms with van der Waals surface area (Å²) in [4.78, 5) is 33.3. The number of rotatable bonds is 11. The molecule has 2 aromatic rings. The second-order valence-corrected chi connectivity index (χ2v) is 11.8. The van der Waals surface area contributed by atoms with Crippen molar-refractivity contribution >= 4 is 40.2 Å². The molecule has 10 heteroatoms. The van der Waals surface area contributed by atoms with Gasteiger partial charge in [0.2, 0.25) is 11.8 Å². The number of thioether (sulfide) groups is 1. The van der Waals surface area contributed by atoms with Crippen LogP contribution in [-0.4, -0.2) is 75.5 Å². The summed E-state index contributed by atoms with van der Waals surface area (Å²) in [7, 11) is 0. The fourth-order valence-electron chi connectivity index (χ4n) is 4.96. The number of nitrogens with two attached hydrogens (primary N) is 1. The first kappa shape index (κ1) is 29.6. The van der Waals surface area contributed by atoms with Crippen LogP contribution in [0.15, 0.2) is 59.6 Å². The van der Waals surface area contributed by atoms with Crippen LogP contribution < -0.4 is 11.1 Å². The predicted molar refractivity (Wildman–Crippen MR) is 156 cm³/mol. The Bertz CT molecular complexity index is 1180. The van der Waals surface area contributed by atoms with Crippen molar-refractivity contribution in [3.05, 3.63) is 70.7 Å². The maximum Gasteiger partial charge on any atom is 0.248 e. The number of aliphatic hydroxyl groups excluding tert-OH is 1. The van der Waals surface area contributed by atoms with Gasteiger partial charge in [0, 0.05) is 23.7 Å². The predicted octanol–water partition coefficient (Wildman–Crippen LogP) is 3.19. The average molecular weight is 573 g/mol. The first-order valence-corrected chi connectivity index (χ1v) is 14.7.